The molecule has 3 aromatic rings. The predicted octanol–water partition coefficient (Wildman–Crippen LogP) is 2.55. The number of hydrogen-bond donors (Lipinski definition) is 0. The van der Waals surface area contributed by atoms with Gasteiger partial charge in [0.1, 0.15) is 0 Å². The summed E-state index contributed by atoms with van der Waals surface area (Å²) in [7, 11) is 1.91. The smallest absolute Gasteiger partial charge is 0.265 e. The topological polar surface area (TPSA) is 39.8 Å². The first-order chi connectivity index (χ1) is 9.16. The zero-order chi connectivity index (χ0) is 13.4. The highest BCUT2D eigenvalue weighted by Gasteiger charge is 2.09. The molecule has 0 fully saturated rings. The van der Waals surface area contributed by atoms with E-state index in [1.54, 1.807) is 16.8 Å². The lowest BCUT2D eigenvalue weighted by Crippen LogP contribution is -2.20. The molecule has 0 saturated heterocycles. The predicted molar refractivity (Wildman–Crippen MR) is 78.2 cm³/mol. The minimum Gasteiger partial charge on any atom is -0.308 e. The van der Waals surface area contributed by atoms with E-state index < -0.39 is 0 Å². The number of nitrogens with zero attached hydrogens (tertiary/aromatic N) is 3. The third kappa shape index (κ3) is 2.10. The second-order valence-electron chi connectivity index (χ2n) is 4.38. The van der Waals surface area contributed by atoms with Crippen molar-refractivity contribution in [1.82, 2.24) is 14.3 Å². The van der Waals surface area contributed by atoms with E-state index in [2.05, 4.69) is 21.0 Å². The van der Waals surface area contributed by atoms with Crippen LogP contribution in [-0.2, 0) is 13.6 Å². The summed E-state index contributed by atoms with van der Waals surface area (Å²) in [5.74, 6) is 0. The van der Waals surface area contributed by atoms with Gasteiger partial charge in [-0.2, -0.15) is 5.10 Å². The van der Waals surface area contributed by atoms with E-state index in [4.69, 9.17) is 0 Å². The van der Waals surface area contributed by atoms with Crippen molar-refractivity contribution in [3.8, 4) is 0 Å². The fourth-order valence-corrected chi connectivity index (χ4v) is 2.58. The highest BCUT2D eigenvalue weighted by molar-refractivity contribution is 9.10. The molecule has 0 aliphatic carbocycles. The minimum absolute atomic E-state index is 0.0442. The van der Waals surface area contributed by atoms with E-state index in [9.17, 15) is 4.79 Å². The maximum atomic E-state index is 12.0. The number of hydrogen-bond acceptors (Lipinski definition) is 2. The Morgan fingerprint density at radius 3 is 2.84 bits per heavy atom. The standard InChI is InChI=1S/C14H12BrN3O/c1-17-13-7-3-2-5-10(13)12(16-17)9-18-8-4-6-11(15)14(18)19/h2-8H,9H2,1H3. The summed E-state index contributed by atoms with van der Waals surface area (Å²) in [6.45, 7) is 0.472. The van der Waals surface area contributed by atoms with Crippen LogP contribution >= 0.6 is 15.9 Å². The van der Waals surface area contributed by atoms with Gasteiger partial charge < -0.3 is 4.57 Å². The summed E-state index contributed by atoms with van der Waals surface area (Å²) in [6, 6.07) is 11.6. The quantitative estimate of drug-likeness (QED) is 0.728. The van der Waals surface area contributed by atoms with Gasteiger partial charge in [0, 0.05) is 18.6 Å². The molecule has 2 aromatic heterocycles. The second kappa shape index (κ2) is 4.66. The van der Waals surface area contributed by atoms with E-state index in [0.29, 0.717) is 11.0 Å². The van der Waals surface area contributed by atoms with Gasteiger partial charge in [-0.15, -0.1) is 0 Å². The molecule has 0 spiro atoms. The van der Waals surface area contributed by atoms with Crippen molar-refractivity contribution < 1.29 is 0 Å². The summed E-state index contributed by atoms with van der Waals surface area (Å²) in [5.41, 5.74) is 1.93. The largest absolute Gasteiger partial charge is 0.308 e. The van der Waals surface area contributed by atoms with Crippen LogP contribution in [0.5, 0.6) is 0 Å². The number of halogens is 1. The zero-order valence-corrected chi connectivity index (χ0v) is 12.0. The number of pyridine rings is 1. The molecular weight excluding hydrogens is 306 g/mol. The maximum absolute atomic E-state index is 12.0. The zero-order valence-electron chi connectivity index (χ0n) is 10.4. The van der Waals surface area contributed by atoms with Crippen molar-refractivity contribution in [3.05, 3.63) is 63.1 Å². The molecule has 96 valence electrons. The number of para-hydroxylation sites is 1. The van der Waals surface area contributed by atoms with E-state index >= 15 is 0 Å². The Labute approximate surface area is 118 Å². The molecule has 0 amide bonds. The molecule has 0 saturated carbocycles. The molecule has 5 heteroatoms. The highest BCUT2D eigenvalue weighted by Crippen LogP contribution is 2.18. The van der Waals surface area contributed by atoms with Crippen molar-refractivity contribution in [2.24, 2.45) is 7.05 Å². The van der Waals surface area contributed by atoms with Gasteiger partial charge >= 0.3 is 0 Å². The Morgan fingerprint density at radius 2 is 2.00 bits per heavy atom. The highest BCUT2D eigenvalue weighted by atomic mass is 79.9. The van der Waals surface area contributed by atoms with Gasteiger partial charge in [0.2, 0.25) is 0 Å². The number of aryl methyl sites for hydroxylation is 1. The Bertz CT molecular complexity index is 804. The first-order valence-electron chi connectivity index (χ1n) is 5.92. The summed E-state index contributed by atoms with van der Waals surface area (Å²) < 4.78 is 4.06. The summed E-state index contributed by atoms with van der Waals surface area (Å²) in [4.78, 5) is 12.0. The fourth-order valence-electron chi connectivity index (χ4n) is 2.20. The number of aromatic nitrogens is 3. The Balaban J connectivity index is 2.11. The number of fused-ring (bicyclic) bond motifs is 1. The lowest BCUT2D eigenvalue weighted by atomic mass is 10.2. The van der Waals surface area contributed by atoms with E-state index in [0.717, 1.165) is 16.6 Å². The van der Waals surface area contributed by atoms with Crippen LogP contribution in [-0.4, -0.2) is 14.3 Å². The molecule has 3 rings (SSSR count). The van der Waals surface area contributed by atoms with Gasteiger partial charge in [-0.3, -0.25) is 9.48 Å². The average molecular weight is 318 g/mol. The van der Waals surface area contributed by atoms with Gasteiger partial charge in [0.15, 0.2) is 0 Å². The van der Waals surface area contributed by atoms with Gasteiger partial charge in [0.05, 0.1) is 22.2 Å². The van der Waals surface area contributed by atoms with Crippen LogP contribution in [0.1, 0.15) is 5.69 Å². The molecule has 19 heavy (non-hydrogen) atoms. The van der Waals surface area contributed by atoms with Crippen LogP contribution in [0.25, 0.3) is 10.9 Å². The molecule has 0 radical (unpaired) electrons. The first kappa shape index (κ1) is 12.2. The number of benzene rings is 1. The Hall–Kier alpha value is -1.88. The summed E-state index contributed by atoms with van der Waals surface area (Å²) in [5, 5.41) is 5.58. The first-order valence-corrected chi connectivity index (χ1v) is 6.71. The van der Waals surface area contributed by atoms with Gasteiger partial charge in [-0.1, -0.05) is 18.2 Å². The van der Waals surface area contributed by atoms with Crippen molar-refractivity contribution in [2.75, 3.05) is 0 Å². The molecule has 0 bridgehead atoms. The van der Waals surface area contributed by atoms with Gasteiger partial charge in [-0.05, 0) is 34.1 Å². The van der Waals surface area contributed by atoms with Gasteiger partial charge in [-0.25, -0.2) is 0 Å². The van der Waals surface area contributed by atoms with Crippen LogP contribution in [0.2, 0.25) is 0 Å². The molecule has 0 unspecified atom stereocenters. The normalized spacial score (nSPS) is 11.1. The lowest BCUT2D eigenvalue weighted by Gasteiger charge is -2.03. The molecule has 2 heterocycles. The SMILES string of the molecule is Cn1nc(Cn2cccc(Br)c2=O)c2ccccc21. The minimum atomic E-state index is -0.0442. The monoisotopic (exact) mass is 317 g/mol. The van der Waals surface area contributed by atoms with E-state index in [1.165, 1.54) is 0 Å². The average Bonchev–Trinajstić information content (AvgIpc) is 2.73. The van der Waals surface area contributed by atoms with Crippen LogP contribution in [0.3, 0.4) is 0 Å². The maximum Gasteiger partial charge on any atom is 0.265 e. The molecule has 0 N–H and O–H groups in total. The molecule has 0 aliphatic rings. The Kier molecular flexibility index (Phi) is 2.98. The van der Waals surface area contributed by atoms with Crippen molar-refractivity contribution >= 4 is 26.8 Å². The lowest BCUT2D eigenvalue weighted by molar-refractivity contribution is 0.699. The third-order valence-corrected chi connectivity index (χ3v) is 3.73. The van der Waals surface area contributed by atoms with Crippen LogP contribution < -0.4 is 5.56 Å². The second-order valence-corrected chi connectivity index (χ2v) is 5.23. The van der Waals surface area contributed by atoms with Crippen LogP contribution in [0, 0.1) is 0 Å². The third-order valence-electron chi connectivity index (χ3n) is 3.13. The molecular formula is C14H12BrN3O. The summed E-state index contributed by atoms with van der Waals surface area (Å²) in [6.07, 6.45) is 1.77. The van der Waals surface area contributed by atoms with Crippen molar-refractivity contribution in [1.29, 1.82) is 0 Å². The van der Waals surface area contributed by atoms with Crippen LogP contribution in [0.4, 0.5) is 0 Å². The van der Waals surface area contributed by atoms with Crippen molar-refractivity contribution in [2.45, 2.75) is 6.54 Å². The summed E-state index contributed by atoms with van der Waals surface area (Å²) >= 11 is 3.26. The van der Waals surface area contributed by atoms with E-state index in [1.807, 2.05) is 42.1 Å². The number of rotatable bonds is 2. The Morgan fingerprint density at radius 1 is 1.21 bits per heavy atom. The molecule has 0 aliphatic heterocycles. The van der Waals surface area contributed by atoms with Crippen LogP contribution in [0.15, 0.2) is 51.9 Å². The van der Waals surface area contributed by atoms with Crippen molar-refractivity contribution in [3.63, 3.8) is 0 Å². The molecule has 0 atom stereocenters. The fraction of sp³-hybridized carbons (Fsp3) is 0.143. The molecule has 4 nitrogen and oxygen atoms in total. The van der Waals surface area contributed by atoms with Gasteiger partial charge in [0.25, 0.3) is 5.56 Å². The molecule has 1 aromatic carbocycles. The van der Waals surface area contributed by atoms with E-state index in [-0.39, 0.29) is 5.56 Å².